The van der Waals surface area contributed by atoms with Crippen LogP contribution in [-0.2, 0) is 11.2 Å². The standard InChI is InChI=1S/C10H14BNO4/c1-7(13)12-10(11(15)16)6-8-3-2-4-9(14)5-8/h2-5,10,14-16H,6H2,1H3,(H,12,13). The molecule has 1 aromatic rings. The third-order valence-electron chi connectivity index (χ3n) is 2.11. The largest absolute Gasteiger partial charge is 0.508 e. The summed E-state index contributed by atoms with van der Waals surface area (Å²) in [6.45, 7) is 1.30. The van der Waals surface area contributed by atoms with E-state index in [1.165, 1.54) is 19.1 Å². The van der Waals surface area contributed by atoms with Crippen LogP contribution in [0.25, 0.3) is 0 Å². The Kier molecular flexibility index (Phi) is 4.33. The fraction of sp³-hybridized carbons (Fsp3) is 0.300. The molecule has 0 saturated carbocycles. The first-order valence-electron chi connectivity index (χ1n) is 4.90. The monoisotopic (exact) mass is 223 g/mol. The number of hydrogen-bond donors (Lipinski definition) is 4. The van der Waals surface area contributed by atoms with E-state index in [1.54, 1.807) is 12.1 Å². The molecule has 1 unspecified atom stereocenters. The minimum absolute atomic E-state index is 0.103. The van der Waals surface area contributed by atoms with E-state index in [0.717, 1.165) is 0 Å². The summed E-state index contributed by atoms with van der Waals surface area (Å²) in [5.74, 6) is -1.01. The Morgan fingerprint density at radius 2 is 2.19 bits per heavy atom. The second-order valence-corrected chi connectivity index (χ2v) is 3.59. The zero-order valence-corrected chi connectivity index (χ0v) is 8.92. The van der Waals surface area contributed by atoms with Crippen molar-refractivity contribution in [3.05, 3.63) is 29.8 Å². The second-order valence-electron chi connectivity index (χ2n) is 3.59. The summed E-state index contributed by atoms with van der Waals surface area (Å²) in [5, 5.41) is 29.8. The average molecular weight is 223 g/mol. The summed E-state index contributed by atoms with van der Waals surface area (Å²) in [7, 11) is -1.63. The van der Waals surface area contributed by atoms with E-state index < -0.39 is 13.1 Å². The quantitative estimate of drug-likeness (QED) is 0.515. The van der Waals surface area contributed by atoms with Crippen molar-refractivity contribution >= 4 is 13.0 Å². The van der Waals surface area contributed by atoms with Crippen LogP contribution in [-0.4, -0.2) is 34.1 Å². The van der Waals surface area contributed by atoms with Gasteiger partial charge in [-0.1, -0.05) is 12.1 Å². The number of amides is 1. The van der Waals surface area contributed by atoms with Crippen LogP contribution in [0.1, 0.15) is 12.5 Å². The first-order valence-corrected chi connectivity index (χ1v) is 4.90. The Bertz CT molecular complexity index is 370. The Morgan fingerprint density at radius 3 is 2.69 bits per heavy atom. The van der Waals surface area contributed by atoms with Crippen LogP contribution in [0.4, 0.5) is 0 Å². The van der Waals surface area contributed by atoms with E-state index in [4.69, 9.17) is 10.0 Å². The molecule has 86 valence electrons. The SMILES string of the molecule is CC(=O)NC(Cc1cccc(O)c1)B(O)O. The summed E-state index contributed by atoms with van der Waals surface area (Å²) in [5.41, 5.74) is 0.715. The van der Waals surface area contributed by atoms with Crippen LogP contribution in [0.2, 0.25) is 0 Å². The number of nitrogens with one attached hydrogen (secondary N) is 1. The Balaban J connectivity index is 2.71. The zero-order chi connectivity index (χ0) is 12.1. The molecule has 0 radical (unpaired) electrons. The molecular formula is C10H14BNO4. The average Bonchev–Trinajstić information content (AvgIpc) is 2.15. The normalized spacial score (nSPS) is 11.9. The second kappa shape index (κ2) is 5.53. The van der Waals surface area contributed by atoms with Crippen molar-refractivity contribution in [1.82, 2.24) is 5.32 Å². The number of carbonyl (C=O) groups excluding carboxylic acids is 1. The number of phenols is 1. The van der Waals surface area contributed by atoms with Gasteiger partial charge in [0.25, 0.3) is 0 Å². The van der Waals surface area contributed by atoms with Crippen molar-refractivity contribution in [2.45, 2.75) is 19.3 Å². The lowest BCUT2D eigenvalue weighted by Gasteiger charge is -2.16. The molecule has 1 atom stereocenters. The van der Waals surface area contributed by atoms with Crippen molar-refractivity contribution in [2.24, 2.45) is 0 Å². The highest BCUT2D eigenvalue weighted by molar-refractivity contribution is 6.43. The molecule has 0 fully saturated rings. The number of carbonyl (C=O) groups is 1. The maximum atomic E-state index is 10.8. The van der Waals surface area contributed by atoms with Crippen LogP contribution in [0, 0.1) is 0 Å². The lowest BCUT2D eigenvalue weighted by Crippen LogP contribution is -2.47. The summed E-state index contributed by atoms with van der Waals surface area (Å²) in [6.07, 6.45) is 0.242. The van der Waals surface area contributed by atoms with E-state index in [-0.39, 0.29) is 18.1 Å². The van der Waals surface area contributed by atoms with Gasteiger partial charge in [0.2, 0.25) is 5.91 Å². The van der Waals surface area contributed by atoms with E-state index in [1.807, 2.05) is 0 Å². The Hall–Kier alpha value is -1.53. The summed E-state index contributed by atoms with van der Waals surface area (Å²) in [6, 6.07) is 6.42. The van der Waals surface area contributed by atoms with Gasteiger partial charge in [-0.05, 0) is 24.1 Å². The first kappa shape index (κ1) is 12.5. The predicted molar refractivity (Wildman–Crippen MR) is 59.6 cm³/mol. The van der Waals surface area contributed by atoms with Gasteiger partial charge < -0.3 is 20.5 Å². The van der Waals surface area contributed by atoms with Crippen LogP contribution in [0.3, 0.4) is 0 Å². The van der Waals surface area contributed by atoms with Gasteiger partial charge in [0.05, 0.1) is 5.94 Å². The lowest BCUT2D eigenvalue weighted by atomic mass is 9.76. The molecule has 0 aliphatic carbocycles. The van der Waals surface area contributed by atoms with E-state index in [2.05, 4.69) is 5.32 Å². The van der Waals surface area contributed by atoms with Crippen molar-refractivity contribution in [1.29, 1.82) is 0 Å². The van der Waals surface area contributed by atoms with Crippen molar-refractivity contribution < 1.29 is 19.9 Å². The van der Waals surface area contributed by atoms with Gasteiger partial charge in [-0.3, -0.25) is 4.79 Å². The highest BCUT2D eigenvalue weighted by Gasteiger charge is 2.24. The molecule has 0 spiro atoms. The minimum atomic E-state index is -1.63. The van der Waals surface area contributed by atoms with Gasteiger partial charge in [0, 0.05) is 6.92 Å². The Morgan fingerprint density at radius 1 is 1.50 bits per heavy atom. The molecule has 1 aromatic carbocycles. The summed E-state index contributed by atoms with van der Waals surface area (Å²) < 4.78 is 0. The number of hydrogen-bond acceptors (Lipinski definition) is 4. The number of phenolic OH excluding ortho intramolecular Hbond substituents is 1. The van der Waals surface area contributed by atoms with Gasteiger partial charge >= 0.3 is 7.12 Å². The molecule has 4 N–H and O–H groups in total. The summed E-state index contributed by atoms with van der Waals surface area (Å²) >= 11 is 0. The van der Waals surface area contributed by atoms with E-state index in [9.17, 15) is 9.90 Å². The van der Waals surface area contributed by atoms with Crippen molar-refractivity contribution in [3.8, 4) is 5.75 Å². The van der Waals surface area contributed by atoms with E-state index >= 15 is 0 Å². The molecule has 1 rings (SSSR count). The Labute approximate surface area is 93.9 Å². The molecule has 0 aromatic heterocycles. The van der Waals surface area contributed by atoms with Crippen molar-refractivity contribution in [3.63, 3.8) is 0 Å². The predicted octanol–water partition coefficient (Wildman–Crippen LogP) is -0.549. The van der Waals surface area contributed by atoms with Gasteiger partial charge in [0.15, 0.2) is 0 Å². The molecule has 0 bridgehead atoms. The summed E-state index contributed by atoms with van der Waals surface area (Å²) in [4.78, 5) is 10.8. The molecular weight excluding hydrogens is 209 g/mol. The fourth-order valence-electron chi connectivity index (χ4n) is 1.43. The fourth-order valence-corrected chi connectivity index (χ4v) is 1.43. The smallest absolute Gasteiger partial charge is 0.475 e. The van der Waals surface area contributed by atoms with Crippen LogP contribution >= 0.6 is 0 Å². The van der Waals surface area contributed by atoms with Crippen LogP contribution in [0.15, 0.2) is 24.3 Å². The topological polar surface area (TPSA) is 89.8 Å². The molecule has 0 saturated heterocycles. The zero-order valence-electron chi connectivity index (χ0n) is 8.92. The molecule has 16 heavy (non-hydrogen) atoms. The molecule has 6 heteroatoms. The van der Waals surface area contributed by atoms with Gasteiger partial charge in [-0.15, -0.1) is 0 Å². The highest BCUT2D eigenvalue weighted by Crippen LogP contribution is 2.12. The van der Waals surface area contributed by atoms with Gasteiger partial charge in [-0.2, -0.15) is 0 Å². The first-order chi connectivity index (χ1) is 7.49. The third kappa shape index (κ3) is 3.92. The number of benzene rings is 1. The molecule has 0 aliphatic rings. The number of rotatable bonds is 4. The minimum Gasteiger partial charge on any atom is -0.508 e. The van der Waals surface area contributed by atoms with Gasteiger partial charge in [-0.25, -0.2) is 0 Å². The maximum absolute atomic E-state index is 10.8. The van der Waals surface area contributed by atoms with Gasteiger partial charge in [0.1, 0.15) is 5.75 Å². The van der Waals surface area contributed by atoms with E-state index in [0.29, 0.717) is 5.56 Å². The maximum Gasteiger partial charge on any atom is 0.475 e. The molecule has 0 aliphatic heterocycles. The van der Waals surface area contributed by atoms with Crippen molar-refractivity contribution in [2.75, 3.05) is 0 Å². The number of aromatic hydroxyl groups is 1. The lowest BCUT2D eigenvalue weighted by molar-refractivity contribution is -0.119. The third-order valence-corrected chi connectivity index (χ3v) is 2.11. The highest BCUT2D eigenvalue weighted by atomic mass is 16.4. The molecule has 5 nitrogen and oxygen atoms in total. The van der Waals surface area contributed by atoms with Crippen LogP contribution in [0.5, 0.6) is 5.75 Å². The molecule has 1 amide bonds. The molecule has 0 heterocycles. The van der Waals surface area contributed by atoms with Crippen LogP contribution < -0.4 is 5.32 Å².